The van der Waals surface area contributed by atoms with Gasteiger partial charge in [-0.15, -0.1) is 0 Å². The summed E-state index contributed by atoms with van der Waals surface area (Å²) in [6.45, 7) is 0.647. The molecular formula is C18H17ClFN3O. The number of nitrogens with zero attached hydrogens (tertiary/aromatic N) is 1. The molecule has 0 radical (unpaired) electrons. The van der Waals surface area contributed by atoms with Gasteiger partial charge in [0.05, 0.1) is 12.1 Å². The van der Waals surface area contributed by atoms with E-state index in [1.807, 2.05) is 6.07 Å². The molecule has 2 aromatic rings. The highest BCUT2D eigenvalue weighted by molar-refractivity contribution is 6.31. The third kappa shape index (κ3) is 3.57. The molecule has 0 saturated carbocycles. The lowest BCUT2D eigenvalue weighted by atomic mass is 10.1. The quantitative estimate of drug-likeness (QED) is 0.870. The van der Waals surface area contributed by atoms with Crippen LogP contribution in [-0.4, -0.2) is 18.3 Å². The highest BCUT2D eigenvalue weighted by Crippen LogP contribution is 2.27. The molecule has 2 N–H and O–H groups in total. The maximum atomic E-state index is 14.3. The molecule has 6 heteroatoms. The molecule has 1 saturated heterocycles. The lowest BCUT2D eigenvalue weighted by Gasteiger charge is -2.19. The third-order valence-corrected chi connectivity index (χ3v) is 4.32. The highest BCUT2D eigenvalue weighted by Gasteiger charge is 2.21. The molecule has 0 aromatic heterocycles. The Kier molecular flexibility index (Phi) is 4.81. The van der Waals surface area contributed by atoms with Gasteiger partial charge in [0.2, 0.25) is 5.91 Å². The number of halogens is 2. The van der Waals surface area contributed by atoms with Gasteiger partial charge in [0.1, 0.15) is 11.7 Å². The van der Waals surface area contributed by atoms with Crippen LogP contribution in [0.1, 0.15) is 18.4 Å². The molecule has 4 nitrogen and oxygen atoms in total. The number of hydrogen-bond donors (Lipinski definition) is 2. The van der Waals surface area contributed by atoms with E-state index in [0.29, 0.717) is 35.2 Å². The maximum absolute atomic E-state index is 14.3. The number of rotatable bonds is 4. The number of carbonyl (C=O) groups is 1. The standard InChI is InChI=1S/C18H17ClFN3O/c19-14-5-2-1-4-12(14)10-18(24)22-13-7-8-16(15(20)11-13)23-9-3-6-17(23)21/h1-2,4-5,7-8,11,21H,3,6,9-10H2,(H,22,24). The van der Waals surface area contributed by atoms with E-state index in [1.165, 1.54) is 6.07 Å². The summed E-state index contributed by atoms with van der Waals surface area (Å²) in [4.78, 5) is 13.8. The largest absolute Gasteiger partial charge is 0.328 e. The second-order valence-electron chi connectivity index (χ2n) is 5.68. The predicted molar refractivity (Wildman–Crippen MR) is 94.5 cm³/mol. The van der Waals surface area contributed by atoms with E-state index in [9.17, 15) is 9.18 Å². The molecule has 2 aromatic carbocycles. The molecule has 3 rings (SSSR count). The zero-order valence-electron chi connectivity index (χ0n) is 13.0. The zero-order valence-corrected chi connectivity index (χ0v) is 13.7. The predicted octanol–water partition coefficient (Wildman–Crippen LogP) is 4.24. The lowest BCUT2D eigenvalue weighted by molar-refractivity contribution is -0.115. The smallest absolute Gasteiger partial charge is 0.228 e. The van der Waals surface area contributed by atoms with Crippen molar-refractivity contribution in [2.24, 2.45) is 0 Å². The Morgan fingerprint density at radius 2 is 2.08 bits per heavy atom. The Morgan fingerprint density at radius 3 is 2.75 bits per heavy atom. The molecule has 0 atom stereocenters. The Morgan fingerprint density at radius 1 is 1.29 bits per heavy atom. The van der Waals surface area contributed by atoms with E-state index < -0.39 is 5.82 Å². The molecule has 1 aliphatic rings. The second-order valence-corrected chi connectivity index (χ2v) is 6.09. The molecule has 1 fully saturated rings. The molecule has 0 bridgehead atoms. The highest BCUT2D eigenvalue weighted by atomic mass is 35.5. The fourth-order valence-electron chi connectivity index (χ4n) is 2.76. The van der Waals surface area contributed by atoms with Crippen molar-refractivity contribution in [3.63, 3.8) is 0 Å². The second kappa shape index (κ2) is 7.01. The van der Waals surface area contributed by atoms with Crippen molar-refractivity contribution in [3.8, 4) is 0 Å². The number of nitrogens with one attached hydrogen (secondary N) is 2. The van der Waals surface area contributed by atoms with E-state index in [2.05, 4.69) is 5.32 Å². The summed E-state index contributed by atoms with van der Waals surface area (Å²) in [5.41, 5.74) is 1.49. The fraction of sp³-hybridized carbons (Fsp3) is 0.222. The van der Waals surface area contributed by atoms with Gasteiger partial charge in [-0.05, 0) is 36.2 Å². The molecule has 1 heterocycles. The first-order valence-electron chi connectivity index (χ1n) is 7.72. The van der Waals surface area contributed by atoms with Crippen LogP contribution in [0.2, 0.25) is 5.02 Å². The molecule has 1 amide bonds. The van der Waals surface area contributed by atoms with Gasteiger partial charge in [-0.3, -0.25) is 10.2 Å². The lowest BCUT2D eigenvalue weighted by Crippen LogP contribution is -2.24. The van der Waals surface area contributed by atoms with Crippen molar-refractivity contribution >= 4 is 34.7 Å². The van der Waals surface area contributed by atoms with Crippen molar-refractivity contribution in [2.45, 2.75) is 19.3 Å². The molecular weight excluding hydrogens is 329 g/mol. The summed E-state index contributed by atoms with van der Waals surface area (Å²) in [6.07, 6.45) is 1.64. The van der Waals surface area contributed by atoms with Gasteiger partial charge >= 0.3 is 0 Å². The molecule has 0 unspecified atom stereocenters. The van der Waals surface area contributed by atoms with Crippen molar-refractivity contribution in [3.05, 3.63) is 58.9 Å². The summed E-state index contributed by atoms with van der Waals surface area (Å²) in [5, 5.41) is 11.0. The summed E-state index contributed by atoms with van der Waals surface area (Å²) in [7, 11) is 0. The summed E-state index contributed by atoms with van der Waals surface area (Å²) in [6, 6.07) is 11.6. The Hall–Kier alpha value is -2.40. The van der Waals surface area contributed by atoms with Crippen LogP contribution in [-0.2, 0) is 11.2 Å². The average molecular weight is 346 g/mol. The topological polar surface area (TPSA) is 56.2 Å². The summed E-state index contributed by atoms with van der Waals surface area (Å²) in [5.74, 6) is -0.286. The van der Waals surface area contributed by atoms with Crippen LogP contribution in [0, 0.1) is 11.2 Å². The number of carbonyl (C=O) groups excluding carboxylic acids is 1. The van der Waals surface area contributed by atoms with Crippen LogP contribution >= 0.6 is 11.6 Å². The number of anilines is 2. The summed E-state index contributed by atoms with van der Waals surface area (Å²) < 4.78 is 14.3. The number of benzene rings is 2. The third-order valence-electron chi connectivity index (χ3n) is 3.95. The van der Waals surface area contributed by atoms with Gasteiger partial charge in [0, 0.05) is 23.7 Å². The van der Waals surface area contributed by atoms with Crippen LogP contribution in [0.3, 0.4) is 0 Å². The van der Waals surface area contributed by atoms with Gasteiger partial charge in [-0.25, -0.2) is 4.39 Å². The van der Waals surface area contributed by atoms with E-state index in [4.69, 9.17) is 17.0 Å². The van der Waals surface area contributed by atoms with Gasteiger partial charge in [-0.1, -0.05) is 29.8 Å². The van der Waals surface area contributed by atoms with Crippen LogP contribution in [0.4, 0.5) is 15.8 Å². The maximum Gasteiger partial charge on any atom is 0.228 e. The van der Waals surface area contributed by atoms with Crippen molar-refractivity contribution in [1.29, 1.82) is 5.41 Å². The van der Waals surface area contributed by atoms with Crippen molar-refractivity contribution in [1.82, 2.24) is 0 Å². The minimum atomic E-state index is -0.447. The first-order valence-corrected chi connectivity index (χ1v) is 8.10. The first-order chi connectivity index (χ1) is 11.5. The Labute approximate surface area is 144 Å². The van der Waals surface area contributed by atoms with Crippen LogP contribution in [0.25, 0.3) is 0 Å². The van der Waals surface area contributed by atoms with E-state index in [-0.39, 0.29) is 12.3 Å². The van der Waals surface area contributed by atoms with Crippen LogP contribution in [0.15, 0.2) is 42.5 Å². The van der Waals surface area contributed by atoms with Gasteiger partial charge in [0.15, 0.2) is 0 Å². The van der Waals surface area contributed by atoms with E-state index >= 15 is 0 Å². The first kappa shape index (κ1) is 16.5. The molecule has 0 spiro atoms. The van der Waals surface area contributed by atoms with Crippen molar-refractivity contribution in [2.75, 3.05) is 16.8 Å². The molecule has 0 aliphatic carbocycles. The normalized spacial score (nSPS) is 14.1. The molecule has 124 valence electrons. The Balaban J connectivity index is 1.69. The monoisotopic (exact) mass is 345 g/mol. The van der Waals surface area contributed by atoms with Gasteiger partial charge < -0.3 is 10.2 Å². The van der Waals surface area contributed by atoms with Gasteiger partial charge in [0.25, 0.3) is 0 Å². The minimum absolute atomic E-state index is 0.125. The Bertz CT molecular complexity index is 794. The van der Waals surface area contributed by atoms with E-state index in [0.717, 1.165) is 12.0 Å². The van der Waals surface area contributed by atoms with Crippen molar-refractivity contribution < 1.29 is 9.18 Å². The number of hydrogen-bond acceptors (Lipinski definition) is 2. The number of amidine groups is 1. The van der Waals surface area contributed by atoms with Crippen LogP contribution in [0.5, 0.6) is 0 Å². The van der Waals surface area contributed by atoms with Crippen LogP contribution < -0.4 is 10.2 Å². The zero-order chi connectivity index (χ0) is 17.1. The fourth-order valence-corrected chi connectivity index (χ4v) is 2.97. The van der Waals surface area contributed by atoms with E-state index in [1.54, 1.807) is 35.2 Å². The van der Waals surface area contributed by atoms with Gasteiger partial charge in [-0.2, -0.15) is 0 Å². The minimum Gasteiger partial charge on any atom is -0.328 e. The average Bonchev–Trinajstić information content (AvgIpc) is 2.96. The molecule has 24 heavy (non-hydrogen) atoms. The molecule has 1 aliphatic heterocycles. The summed E-state index contributed by atoms with van der Waals surface area (Å²) >= 11 is 6.04. The number of amides is 1. The SMILES string of the molecule is N=C1CCCN1c1ccc(NC(=O)Cc2ccccc2Cl)cc1F.